The number of aromatic nitrogens is 3. The molecule has 0 atom stereocenters. The molecule has 6 nitrogen and oxygen atoms in total. The highest BCUT2D eigenvalue weighted by atomic mass is 32.1. The van der Waals surface area contributed by atoms with E-state index in [9.17, 15) is 14.0 Å². The van der Waals surface area contributed by atoms with Crippen molar-refractivity contribution in [2.45, 2.75) is 13.5 Å². The molecule has 0 aliphatic carbocycles. The van der Waals surface area contributed by atoms with Crippen LogP contribution in [0.3, 0.4) is 0 Å². The molecule has 0 spiro atoms. The zero-order chi connectivity index (χ0) is 23.2. The molecule has 2 aromatic carbocycles. The Balaban J connectivity index is 1.42. The van der Waals surface area contributed by atoms with E-state index in [2.05, 4.69) is 15.4 Å². The molecule has 4 rings (SSSR count). The Bertz CT molecular complexity index is 1350. The van der Waals surface area contributed by atoms with E-state index in [-0.39, 0.29) is 30.4 Å². The fourth-order valence-electron chi connectivity index (χ4n) is 3.16. The van der Waals surface area contributed by atoms with Gasteiger partial charge in [0.05, 0.1) is 17.1 Å². The van der Waals surface area contributed by atoms with Gasteiger partial charge in [-0.3, -0.25) is 9.59 Å². The van der Waals surface area contributed by atoms with Gasteiger partial charge in [-0.2, -0.15) is 5.10 Å². The summed E-state index contributed by atoms with van der Waals surface area (Å²) in [5.41, 5.74) is 3.00. The van der Waals surface area contributed by atoms with Gasteiger partial charge in [-0.25, -0.2) is 14.1 Å². The second kappa shape index (κ2) is 10.1. The van der Waals surface area contributed by atoms with Gasteiger partial charge < -0.3 is 5.32 Å². The largest absolute Gasteiger partial charge is 0.351 e. The van der Waals surface area contributed by atoms with Gasteiger partial charge in [-0.1, -0.05) is 42.5 Å². The van der Waals surface area contributed by atoms with E-state index in [1.807, 2.05) is 37.3 Å². The third-order valence-electron chi connectivity index (χ3n) is 4.84. The normalized spacial score (nSPS) is 11.1. The first-order valence-electron chi connectivity index (χ1n) is 10.3. The first kappa shape index (κ1) is 22.3. The number of amides is 1. The SMILES string of the molecule is Cc1nc(-c2ccccc2)sc1-c1ccc(=O)n(CCNC(=O)C=Cc2ccc(F)cc2)n1. The molecule has 0 unspecified atom stereocenters. The van der Waals surface area contributed by atoms with Gasteiger partial charge in [0.1, 0.15) is 16.5 Å². The lowest BCUT2D eigenvalue weighted by molar-refractivity contribution is -0.116. The summed E-state index contributed by atoms with van der Waals surface area (Å²) in [7, 11) is 0. The van der Waals surface area contributed by atoms with Crippen molar-refractivity contribution in [2.75, 3.05) is 6.54 Å². The number of nitrogens with one attached hydrogen (secondary N) is 1. The van der Waals surface area contributed by atoms with E-state index in [0.717, 1.165) is 21.1 Å². The van der Waals surface area contributed by atoms with Crippen LogP contribution in [0.2, 0.25) is 0 Å². The topological polar surface area (TPSA) is 76.9 Å². The molecule has 1 N–H and O–H groups in total. The summed E-state index contributed by atoms with van der Waals surface area (Å²) >= 11 is 1.52. The van der Waals surface area contributed by atoms with Crippen LogP contribution in [-0.4, -0.2) is 27.2 Å². The quantitative estimate of drug-likeness (QED) is 0.417. The number of hydrogen-bond acceptors (Lipinski definition) is 5. The molecule has 0 saturated carbocycles. The Morgan fingerprint density at radius 2 is 1.85 bits per heavy atom. The van der Waals surface area contributed by atoms with Crippen molar-refractivity contribution in [1.82, 2.24) is 20.1 Å². The molecule has 0 aliphatic rings. The Kier molecular flexibility index (Phi) is 6.85. The molecule has 2 heterocycles. The zero-order valence-electron chi connectivity index (χ0n) is 17.9. The minimum atomic E-state index is -0.332. The fraction of sp³-hybridized carbons (Fsp3) is 0.120. The second-order valence-electron chi connectivity index (χ2n) is 7.26. The summed E-state index contributed by atoms with van der Waals surface area (Å²) in [6.07, 6.45) is 2.96. The molecular weight excluding hydrogens is 439 g/mol. The Morgan fingerprint density at radius 3 is 2.61 bits per heavy atom. The summed E-state index contributed by atoms with van der Waals surface area (Å²) in [5, 5.41) is 8.10. The number of benzene rings is 2. The van der Waals surface area contributed by atoms with Crippen molar-refractivity contribution in [1.29, 1.82) is 0 Å². The number of rotatable bonds is 7. The first-order valence-corrected chi connectivity index (χ1v) is 11.1. The minimum Gasteiger partial charge on any atom is -0.351 e. The van der Waals surface area contributed by atoms with Crippen molar-refractivity contribution < 1.29 is 9.18 Å². The fourth-order valence-corrected chi connectivity index (χ4v) is 4.19. The van der Waals surface area contributed by atoms with Crippen molar-refractivity contribution in [3.05, 3.63) is 100 Å². The standard InChI is InChI=1S/C25H21FN4O2S/c1-17-24(33-25(28-17)19-5-3-2-4-6-19)21-12-14-23(32)30(29-21)16-15-27-22(31)13-9-18-7-10-20(26)11-8-18/h2-14H,15-16H2,1H3,(H,27,31). The number of nitrogens with zero attached hydrogens (tertiary/aromatic N) is 3. The molecule has 1 amide bonds. The number of halogens is 1. The summed E-state index contributed by atoms with van der Waals surface area (Å²) < 4.78 is 14.3. The van der Waals surface area contributed by atoms with Crippen LogP contribution in [0.1, 0.15) is 11.3 Å². The number of carbonyl (C=O) groups is 1. The van der Waals surface area contributed by atoms with Crippen LogP contribution in [0.25, 0.3) is 27.2 Å². The maximum absolute atomic E-state index is 12.9. The van der Waals surface area contributed by atoms with Crippen molar-refractivity contribution in [3.8, 4) is 21.1 Å². The van der Waals surface area contributed by atoms with Crippen molar-refractivity contribution in [2.24, 2.45) is 0 Å². The molecule has 33 heavy (non-hydrogen) atoms. The molecule has 2 aromatic heterocycles. The van der Waals surface area contributed by atoms with Gasteiger partial charge in [-0.05, 0) is 36.8 Å². The van der Waals surface area contributed by atoms with E-state index >= 15 is 0 Å². The predicted molar refractivity (Wildman–Crippen MR) is 128 cm³/mol. The summed E-state index contributed by atoms with van der Waals surface area (Å²) in [4.78, 5) is 29.8. The average molecular weight is 461 g/mol. The molecule has 0 aliphatic heterocycles. The summed E-state index contributed by atoms with van der Waals surface area (Å²) in [5.74, 6) is -0.643. The van der Waals surface area contributed by atoms with Crippen LogP contribution < -0.4 is 10.9 Å². The predicted octanol–water partition coefficient (Wildman–Crippen LogP) is 4.31. The van der Waals surface area contributed by atoms with Gasteiger partial charge in [-0.15, -0.1) is 11.3 Å². The van der Waals surface area contributed by atoms with Crippen LogP contribution >= 0.6 is 11.3 Å². The number of thiazole rings is 1. The van der Waals surface area contributed by atoms with Gasteiger partial charge in [0.2, 0.25) is 5.91 Å². The molecule has 8 heteroatoms. The summed E-state index contributed by atoms with van der Waals surface area (Å²) in [6.45, 7) is 2.38. The molecule has 0 bridgehead atoms. The monoisotopic (exact) mass is 460 g/mol. The molecule has 166 valence electrons. The average Bonchev–Trinajstić information content (AvgIpc) is 3.22. The smallest absolute Gasteiger partial charge is 0.266 e. The number of hydrogen-bond donors (Lipinski definition) is 1. The van der Waals surface area contributed by atoms with Crippen molar-refractivity contribution in [3.63, 3.8) is 0 Å². The third kappa shape index (κ3) is 5.67. The number of carbonyl (C=O) groups excluding carboxylic acids is 1. The van der Waals surface area contributed by atoms with Crippen LogP contribution in [-0.2, 0) is 11.3 Å². The van der Waals surface area contributed by atoms with Gasteiger partial charge in [0, 0.05) is 24.3 Å². The molecule has 0 fully saturated rings. The zero-order valence-corrected chi connectivity index (χ0v) is 18.7. The minimum absolute atomic E-state index is 0.228. The van der Waals surface area contributed by atoms with E-state index in [1.54, 1.807) is 24.3 Å². The maximum atomic E-state index is 12.9. The highest BCUT2D eigenvalue weighted by molar-refractivity contribution is 7.18. The lowest BCUT2D eigenvalue weighted by Gasteiger charge is -2.07. The maximum Gasteiger partial charge on any atom is 0.266 e. The van der Waals surface area contributed by atoms with Crippen LogP contribution in [0, 0.1) is 12.7 Å². The van der Waals surface area contributed by atoms with E-state index in [1.165, 1.54) is 40.3 Å². The van der Waals surface area contributed by atoms with Crippen molar-refractivity contribution >= 4 is 23.3 Å². The lowest BCUT2D eigenvalue weighted by Crippen LogP contribution is -2.31. The van der Waals surface area contributed by atoms with E-state index in [0.29, 0.717) is 11.3 Å². The first-order chi connectivity index (χ1) is 16.0. The molecular formula is C25H21FN4O2S. The van der Waals surface area contributed by atoms with Crippen LogP contribution in [0.4, 0.5) is 4.39 Å². The highest BCUT2D eigenvalue weighted by Gasteiger charge is 2.13. The molecule has 4 aromatic rings. The van der Waals surface area contributed by atoms with Crippen LogP contribution in [0.15, 0.2) is 77.6 Å². The molecule has 0 radical (unpaired) electrons. The number of aryl methyl sites for hydroxylation is 1. The second-order valence-corrected chi connectivity index (χ2v) is 8.25. The summed E-state index contributed by atoms with van der Waals surface area (Å²) in [6, 6.07) is 18.9. The van der Waals surface area contributed by atoms with Gasteiger partial charge in [0.15, 0.2) is 0 Å². The van der Waals surface area contributed by atoms with Gasteiger partial charge in [0.25, 0.3) is 5.56 Å². The third-order valence-corrected chi connectivity index (χ3v) is 6.07. The van der Waals surface area contributed by atoms with E-state index in [4.69, 9.17) is 0 Å². The Hall–Kier alpha value is -3.91. The van der Waals surface area contributed by atoms with E-state index < -0.39 is 0 Å². The lowest BCUT2D eigenvalue weighted by atomic mass is 10.2. The van der Waals surface area contributed by atoms with Gasteiger partial charge >= 0.3 is 0 Å². The molecule has 0 saturated heterocycles. The Morgan fingerprint density at radius 1 is 1.09 bits per heavy atom. The van der Waals surface area contributed by atoms with Crippen LogP contribution in [0.5, 0.6) is 0 Å². The Labute approximate surface area is 194 Å². The highest BCUT2D eigenvalue weighted by Crippen LogP contribution is 2.33.